The molecular weight excluding hydrogens is 290 g/mol. The van der Waals surface area contributed by atoms with Gasteiger partial charge in [-0.2, -0.15) is 0 Å². The molecule has 1 N–H and O–H groups in total. The van der Waals surface area contributed by atoms with Crippen molar-refractivity contribution in [3.8, 4) is 0 Å². The van der Waals surface area contributed by atoms with Crippen LogP contribution in [0.15, 0.2) is 22.7 Å². The van der Waals surface area contributed by atoms with E-state index in [1.807, 2.05) is 12.1 Å². The first-order chi connectivity index (χ1) is 8.54. The van der Waals surface area contributed by atoms with Gasteiger partial charge in [0.25, 0.3) is 0 Å². The van der Waals surface area contributed by atoms with E-state index in [2.05, 4.69) is 40.7 Å². The smallest absolute Gasteiger partial charge is 0.0762 e. The molecule has 1 saturated heterocycles. The molecule has 1 aromatic carbocycles. The van der Waals surface area contributed by atoms with Gasteiger partial charge >= 0.3 is 0 Å². The molecule has 0 saturated carbocycles. The lowest BCUT2D eigenvalue weighted by Gasteiger charge is -2.31. The maximum Gasteiger partial charge on any atom is 0.0762 e. The van der Waals surface area contributed by atoms with Gasteiger partial charge in [-0.15, -0.1) is 0 Å². The number of benzene rings is 1. The Hall–Kier alpha value is -0.540. The molecule has 1 heterocycles. The molecule has 1 aliphatic rings. The maximum absolute atomic E-state index is 9.62. The number of halogens is 1. The van der Waals surface area contributed by atoms with Gasteiger partial charge in [-0.1, -0.05) is 13.0 Å². The second-order valence-electron chi connectivity index (χ2n) is 5.28. The highest BCUT2D eigenvalue weighted by molar-refractivity contribution is 9.10. The summed E-state index contributed by atoms with van der Waals surface area (Å²) >= 11 is 3.66. The first-order valence-electron chi connectivity index (χ1n) is 6.80. The van der Waals surface area contributed by atoms with Gasteiger partial charge in [0.2, 0.25) is 0 Å². The molecule has 1 aliphatic heterocycles. The Morgan fingerprint density at radius 2 is 2.17 bits per heavy atom. The highest BCUT2D eigenvalue weighted by Gasteiger charge is 2.30. The molecule has 3 atom stereocenters. The highest BCUT2D eigenvalue weighted by atomic mass is 79.9. The van der Waals surface area contributed by atoms with Gasteiger partial charge in [-0.05, 0) is 66.7 Å². The maximum atomic E-state index is 9.62. The quantitative estimate of drug-likeness (QED) is 0.901. The first-order valence-corrected chi connectivity index (χ1v) is 7.59. The third kappa shape index (κ3) is 2.57. The molecule has 0 spiro atoms. The van der Waals surface area contributed by atoms with Crippen LogP contribution in [-0.4, -0.2) is 17.2 Å². The van der Waals surface area contributed by atoms with Gasteiger partial charge in [0.05, 0.1) is 11.8 Å². The van der Waals surface area contributed by atoms with Crippen molar-refractivity contribution in [3.63, 3.8) is 0 Å². The van der Waals surface area contributed by atoms with E-state index in [4.69, 9.17) is 0 Å². The van der Waals surface area contributed by atoms with Crippen molar-refractivity contribution in [1.82, 2.24) is 0 Å². The second kappa shape index (κ2) is 5.62. The Labute approximate surface area is 118 Å². The zero-order chi connectivity index (χ0) is 13.3. The molecule has 1 aromatic rings. The standard InChI is InChI=1S/C15H22BrNO/c1-4-13-7-5-10(2)17(13)15-8-6-12(11(3)18)9-14(15)16/h6,8-11,13,18H,4-5,7H2,1-3H3/t10?,11-,13?/m0/s1. The number of aliphatic hydroxyl groups excluding tert-OH is 1. The Morgan fingerprint density at radius 3 is 2.72 bits per heavy atom. The van der Waals surface area contributed by atoms with Crippen LogP contribution in [0, 0.1) is 0 Å². The summed E-state index contributed by atoms with van der Waals surface area (Å²) in [7, 11) is 0. The van der Waals surface area contributed by atoms with Gasteiger partial charge in [0, 0.05) is 16.6 Å². The van der Waals surface area contributed by atoms with Crippen molar-refractivity contribution >= 4 is 21.6 Å². The van der Waals surface area contributed by atoms with Gasteiger partial charge in [-0.25, -0.2) is 0 Å². The third-order valence-electron chi connectivity index (χ3n) is 3.99. The zero-order valence-corrected chi connectivity index (χ0v) is 12.9. The molecular formula is C15H22BrNO. The normalized spacial score (nSPS) is 25.5. The van der Waals surface area contributed by atoms with E-state index in [9.17, 15) is 5.11 Å². The van der Waals surface area contributed by atoms with Crippen LogP contribution in [0.25, 0.3) is 0 Å². The fourth-order valence-corrected chi connectivity index (χ4v) is 3.50. The molecule has 0 bridgehead atoms. The lowest BCUT2D eigenvalue weighted by molar-refractivity contribution is 0.199. The topological polar surface area (TPSA) is 23.5 Å². The number of hydrogen-bond donors (Lipinski definition) is 1. The fourth-order valence-electron chi connectivity index (χ4n) is 2.90. The van der Waals surface area contributed by atoms with E-state index < -0.39 is 6.10 Å². The van der Waals surface area contributed by atoms with Crippen LogP contribution >= 0.6 is 15.9 Å². The van der Waals surface area contributed by atoms with E-state index in [-0.39, 0.29) is 0 Å². The third-order valence-corrected chi connectivity index (χ3v) is 4.62. The van der Waals surface area contributed by atoms with Crippen LogP contribution < -0.4 is 4.90 Å². The number of anilines is 1. The average Bonchev–Trinajstić information content (AvgIpc) is 2.70. The van der Waals surface area contributed by atoms with Crippen LogP contribution in [0.2, 0.25) is 0 Å². The van der Waals surface area contributed by atoms with Crippen LogP contribution in [0.1, 0.15) is 51.7 Å². The summed E-state index contributed by atoms with van der Waals surface area (Å²) in [6, 6.07) is 7.45. The Bertz CT molecular complexity index is 419. The van der Waals surface area contributed by atoms with Gasteiger partial charge in [-0.3, -0.25) is 0 Å². The predicted octanol–water partition coefficient (Wildman–Crippen LogP) is 4.27. The summed E-state index contributed by atoms with van der Waals surface area (Å²) in [5.41, 5.74) is 2.22. The van der Waals surface area contributed by atoms with Crippen molar-refractivity contribution in [2.45, 2.75) is 58.2 Å². The minimum Gasteiger partial charge on any atom is -0.389 e. The SMILES string of the molecule is CCC1CCC(C)N1c1ccc([C@H](C)O)cc1Br. The van der Waals surface area contributed by atoms with Crippen LogP contribution in [0.5, 0.6) is 0 Å². The van der Waals surface area contributed by atoms with Crippen molar-refractivity contribution < 1.29 is 5.11 Å². The van der Waals surface area contributed by atoms with E-state index in [0.29, 0.717) is 12.1 Å². The van der Waals surface area contributed by atoms with Crippen LogP contribution in [-0.2, 0) is 0 Å². The largest absolute Gasteiger partial charge is 0.389 e. The van der Waals surface area contributed by atoms with Crippen LogP contribution in [0.3, 0.4) is 0 Å². The molecule has 0 amide bonds. The molecule has 2 nitrogen and oxygen atoms in total. The summed E-state index contributed by atoms with van der Waals surface area (Å²) in [6.45, 7) is 6.35. The number of nitrogens with zero attached hydrogens (tertiary/aromatic N) is 1. The van der Waals surface area contributed by atoms with Gasteiger partial charge in [0.15, 0.2) is 0 Å². The zero-order valence-electron chi connectivity index (χ0n) is 11.4. The van der Waals surface area contributed by atoms with Crippen molar-refractivity contribution in [2.24, 2.45) is 0 Å². The Kier molecular flexibility index (Phi) is 4.33. The fraction of sp³-hybridized carbons (Fsp3) is 0.600. The van der Waals surface area contributed by atoms with E-state index in [1.165, 1.54) is 24.9 Å². The van der Waals surface area contributed by atoms with Crippen molar-refractivity contribution in [3.05, 3.63) is 28.2 Å². The van der Waals surface area contributed by atoms with E-state index in [1.54, 1.807) is 6.92 Å². The number of aliphatic hydroxyl groups is 1. The van der Waals surface area contributed by atoms with E-state index in [0.717, 1.165) is 10.0 Å². The highest BCUT2D eigenvalue weighted by Crippen LogP contribution is 2.37. The molecule has 0 aromatic heterocycles. The molecule has 3 heteroatoms. The predicted molar refractivity (Wildman–Crippen MR) is 80.0 cm³/mol. The monoisotopic (exact) mass is 311 g/mol. The second-order valence-corrected chi connectivity index (χ2v) is 6.14. The van der Waals surface area contributed by atoms with Gasteiger partial charge < -0.3 is 10.0 Å². The summed E-state index contributed by atoms with van der Waals surface area (Å²) in [4.78, 5) is 2.52. The summed E-state index contributed by atoms with van der Waals surface area (Å²) < 4.78 is 1.09. The Morgan fingerprint density at radius 1 is 1.44 bits per heavy atom. The van der Waals surface area contributed by atoms with Gasteiger partial charge in [0.1, 0.15) is 0 Å². The van der Waals surface area contributed by atoms with Crippen LogP contribution in [0.4, 0.5) is 5.69 Å². The molecule has 18 heavy (non-hydrogen) atoms. The molecule has 2 rings (SSSR count). The molecule has 0 aliphatic carbocycles. The Balaban J connectivity index is 2.33. The molecule has 100 valence electrons. The first kappa shape index (κ1) is 13.9. The van der Waals surface area contributed by atoms with Crippen molar-refractivity contribution in [1.29, 1.82) is 0 Å². The molecule has 2 unspecified atom stereocenters. The molecule has 1 fully saturated rings. The summed E-state index contributed by atoms with van der Waals surface area (Å²) in [5, 5.41) is 9.62. The average molecular weight is 312 g/mol. The lowest BCUT2D eigenvalue weighted by atomic mass is 10.1. The minimum atomic E-state index is -0.409. The van der Waals surface area contributed by atoms with E-state index >= 15 is 0 Å². The summed E-state index contributed by atoms with van der Waals surface area (Å²) in [6.07, 6.45) is 3.33. The van der Waals surface area contributed by atoms with Crippen molar-refractivity contribution in [2.75, 3.05) is 4.90 Å². The minimum absolute atomic E-state index is 0.409. The molecule has 0 radical (unpaired) electrons. The summed E-state index contributed by atoms with van der Waals surface area (Å²) in [5.74, 6) is 0. The number of rotatable bonds is 3. The number of hydrogen-bond acceptors (Lipinski definition) is 2. The lowest BCUT2D eigenvalue weighted by Crippen LogP contribution is -2.34.